The van der Waals surface area contributed by atoms with Crippen molar-refractivity contribution in [2.75, 3.05) is 0 Å². The first-order chi connectivity index (χ1) is 9.45. The lowest BCUT2D eigenvalue weighted by Gasteiger charge is -2.14. The fourth-order valence-electron chi connectivity index (χ4n) is 1.99. The molecule has 1 atom stereocenters. The van der Waals surface area contributed by atoms with Gasteiger partial charge < -0.3 is 10.5 Å². The summed E-state index contributed by atoms with van der Waals surface area (Å²) in [5.41, 5.74) is 8.13. The quantitative estimate of drug-likeness (QED) is 0.864. The Balaban J connectivity index is 2.35. The van der Waals surface area contributed by atoms with Gasteiger partial charge in [0.25, 0.3) is 0 Å². The van der Waals surface area contributed by atoms with E-state index in [2.05, 4.69) is 6.07 Å². The van der Waals surface area contributed by atoms with Crippen LogP contribution in [0.1, 0.15) is 18.1 Å². The van der Waals surface area contributed by atoms with Crippen LogP contribution in [0.25, 0.3) is 0 Å². The smallest absolute Gasteiger partial charge is 0.147 e. The van der Waals surface area contributed by atoms with E-state index in [1.807, 2.05) is 26.0 Å². The van der Waals surface area contributed by atoms with Gasteiger partial charge in [-0.2, -0.15) is 0 Å². The molecule has 0 saturated heterocycles. The highest BCUT2D eigenvalue weighted by molar-refractivity contribution is 6.34. The van der Waals surface area contributed by atoms with Gasteiger partial charge in [-0.3, -0.25) is 0 Å². The summed E-state index contributed by atoms with van der Waals surface area (Å²) < 4.78 is 5.91. The summed E-state index contributed by atoms with van der Waals surface area (Å²) in [5.74, 6) is 1.31. The average molecular weight is 310 g/mol. The zero-order valence-electron chi connectivity index (χ0n) is 11.5. The van der Waals surface area contributed by atoms with Gasteiger partial charge in [0.2, 0.25) is 0 Å². The molecule has 1 unspecified atom stereocenters. The average Bonchev–Trinajstić information content (AvgIpc) is 2.36. The van der Waals surface area contributed by atoms with Gasteiger partial charge in [0.05, 0.1) is 5.02 Å². The largest absolute Gasteiger partial charge is 0.455 e. The maximum absolute atomic E-state index is 6.13. The molecule has 0 fully saturated rings. The summed E-state index contributed by atoms with van der Waals surface area (Å²) in [6.45, 7) is 4.01. The molecule has 20 heavy (non-hydrogen) atoms. The van der Waals surface area contributed by atoms with Gasteiger partial charge >= 0.3 is 0 Å². The molecule has 0 aliphatic heterocycles. The molecule has 2 rings (SSSR count). The van der Waals surface area contributed by atoms with Gasteiger partial charge in [-0.25, -0.2) is 0 Å². The van der Waals surface area contributed by atoms with E-state index in [-0.39, 0.29) is 6.04 Å². The third-order valence-electron chi connectivity index (χ3n) is 2.87. The molecule has 106 valence electrons. The standard InChI is InChI=1S/C16H17Cl2NO/c1-10-3-6-15(12(7-10)8-11(2)19)20-16-9-13(17)4-5-14(16)18/h3-7,9,11H,8,19H2,1-2H3. The van der Waals surface area contributed by atoms with E-state index < -0.39 is 0 Å². The molecule has 0 heterocycles. The Morgan fingerprint density at radius 3 is 2.55 bits per heavy atom. The third-order valence-corrected chi connectivity index (χ3v) is 3.42. The molecule has 0 spiro atoms. The van der Waals surface area contributed by atoms with E-state index in [9.17, 15) is 0 Å². The summed E-state index contributed by atoms with van der Waals surface area (Å²) in [6.07, 6.45) is 0.745. The van der Waals surface area contributed by atoms with Crippen molar-refractivity contribution in [3.05, 3.63) is 57.6 Å². The number of ether oxygens (including phenoxy) is 1. The summed E-state index contributed by atoms with van der Waals surface area (Å²) in [5, 5.41) is 1.12. The minimum absolute atomic E-state index is 0.0639. The SMILES string of the molecule is Cc1ccc(Oc2cc(Cl)ccc2Cl)c(CC(C)N)c1. The molecule has 4 heteroatoms. The fourth-order valence-corrected chi connectivity index (χ4v) is 2.31. The fraction of sp³-hybridized carbons (Fsp3) is 0.250. The van der Waals surface area contributed by atoms with Crippen molar-refractivity contribution < 1.29 is 4.74 Å². The number of aryl methyl sites for hydroxylation is 1. The first-order valence-electron chi connectivity index (χ1n) is 6.43. The number of nitrogens with two attached hydrogens (primary N) is 1. The van der Waals surface area contributed by atoms with Crippen LogP contribution in [0, 0.1) is 6.92 Å². The van der Waals surface area contributed by atoms with E-state index in [1.54, 1.807) is 18.2 Å². The Hall–Kier alpha value is -1.22. The van der Waals surface area contributed by atoms with E-state index in [0.29, 0.717) is 15.8 Å². The van der Waals surface area contributed by atoms with Crippen LogP contribution in [-0.4, -0.2) is 6.04 Å². The molecule has 2 aromatic rings. The molecular weight excluding hydrogens is 293 g/mol. The van der Waals surface area contributed by atoms with Gasteiger partial charge in [-0.1, -0.05) is 40.9 Å². The molecule has 0 aromatic heterocycles. The summed E-state index contributed by atoms with van der Waals surface area (Å²) >= 11 is 12.1. The third kappa shape index (κ3) is 3.89. The number of hydrogen-bond donors (Lipinski definition) is 1. The van der Waals surface area contributed by atoms with Crippen molar-refractivity contribution in [3.63, 3.8) is 0 Å². The molecule has 0 bridgehead atoms. The van der Waals surface area contributed by atoms with E-state index in [4.69, 9.17) is 33.7 Å². The molecule has 0 amide bonds. The lowest BCUT2D eigenvalue weighted by Crippen LogP contribution is -2.18. The zero-order valence-corrected chi connectivity index (χ0v) is 13.0. The van der Waals surface area contributed by atoms with E-state index >= 15 is 0 Å². The van der Waals surface area contributed by atoms with Crippen LogP contribution < -0.4 is 10.5 Å². The lowest BCUT2D eigenvalue weighted by molar-refractivity contribution is 0.474. The Labute approximate surface area is 129 Å². The molecule has 2 aromatic carbocycles. The molecule has 2 N–H and O–H groups in total. The van der Waals surface area contributed by atoms with Crippen molar-refractivity contribution in [2.24, 2.45) is 5.73 Å². The maximum Gasteiger partial charge on any atom is 0.147 e. The van der Waals surface area contributed by atoms with Crippen LogP contribution in [0.2, 0.25) is 10.0 Å². The first-order valence-corrected chi connectivity index (χ1v) is 7.19. The number of benzene rings is 2. The number of hydrogen-bond acceptors (Lipinski definition) is 2. The molecule has 2 nitrogen and oxygen atoms in total. The molecule has 0 radical (unpaired) electrons. The van der Waals surface area contributed by atoms with Crippen LogP contribution in [0.15, 0.2) is 36.4 Å². The Morgan fingerprint density at radius 2 is 1.85 bits per heavy atom. The minimum atomic E-state index is 0.0639. The monoisotopic (exact) mass is 309 g/mol. The van der Waals surface area contributed by atoms with Crippen molar-refractivity contribution in [2.45, 2.75) is 26.3 Å². The van der Waals surface area contributed by atoms with Gasteiger partial charge in [-0.15, -0.1) is 0 Å². The molecular formula is C16H17Cl2NO. The van der Waals surface area contributed by atoms with Crippen LogP contribution in [0.3, 0.4) is 0 Å². The topological polar surface area (TPSA) is 35.2 Å². The normalized spacial score (nSPS) is 12.2. The highest BCUT2D eigenvalue weighted by Crippen LogP contribution is 2.34. The van der Waals surface area contributed by atoms with Crippen molar-refractivity contribution >= 4 is 23.2 Å². The van der Waals surface area contributed by atoms with Crippen LogP contribution >= 0.6 is 23.2 Å². The maximum atomic E-state index is 6.13. The lowest BCUT2D eigenvalue weighted by atomic mass is 10.0. The highest BCUT2D eigenvalue weighted by Gasteiger charge is 2.10. The highest BCUT2D eigenvalue weighted by atomic mass is 35.5. The van der Waals surface area contributed by atoms with Crippen molar-refractivity contribution in [1.29, 1.82) is 0 Å². The second kappa shape index (κ2) is 6.49. The second-order valence-electron chi connectivity index (χ2n) is 4.97. The zero-order chi connectivity index (χ0) is 14.7. The predicted octanol–water partition coefficient (Wildman–Crippen LogP) is 4.98. The van der Waals surface area contributed by atoms with E-state index in [0.717, 1.165) is 17.7 Å². The Kier molecular flexibility index (Phi) is 4.92. The predicted molar refractivity (Wildman–Crippen MR) is 85.1 cm³/mol. The number of halogens is 2. The van der Waals surface area contributed by atoms with Gasteiger partial charge in [0.15, 0.2) is 0 Å². The Bertz CT molecular complexity index is 611. The summed E-state index contributed by atoms with van der Waals surface area (Å²) in [4.78, 5) is 0. The minimum Gasteiger partial charge on any atom is -0.455 e. The van der Waals surface area contributed by atoms with Gasteiger partial charge in [-0.05, 0) is 44.0 Å². The first kappa shape index (κ1) is 15.2. The van der Waals surface area contributed by atoms with Crippen LogP contribution in [0.4, 0.5) is 0 Å². The summed E-state index contributed by atoms with van der Waals surface area (Å²) in [6, 6.07) is 11.2. The second-order valence-corrected chi connectivity index (χ2v) is 5.81. The molecule has 0 aliphatic rings. The van der Waals surface area contributed by atoms with Crippen molar-refractivity contribution in [1.82, 2.24) is 0 Å². The Morgan fingerprint density at radius 1 is 1.10 bits per heavy atom. The van der Waals surface area contributed by atoms with Crippen molar-refractivity contribution in [3.8, 4) is 11.5 Å². The van der Waals surface area contributed by atoms with Gasteiger partial charge in [0.1, 0.15) is 11.5 Å². The van der Waals surface area contributed by atoms with Crippen LogP contribution in [0.5, 0.6) is 11.5 Å². The summed E-state index contributed by atoms with van der Waals surface area (Å²) in [7, 11) is 0. The number of rotatable bonds is 4. The van der Waals surface area contributed by atoms with E-state index in [1.165, 1.54) is 5.56 Å². The van der Waals surface area contributed by atoms with Gasteiger partial charge in [0, 0.05) is 17.1 Å². The van der Waals surface area contributed by atoms with Crippen LogP contribution in [-0.2, 0) is 6.42 Å². The molecule has 0 aliphatic carbocycles. The molecule has 0 saturated carbocycles.